The van der Waals surface area contributed by atoms with E-state index >= 15 is 0 Å². The van der Waals surface area contributed by atoms with Crippen LogP contribution in [0.3, 0.4) is 0 Å². The molecule has 5 nitrogen and oxygen atoms in total. The van der Waals surface area contributed by atoms with E-state index < -0.39 is 5.97 Å². The molecule has 1 aromatic carbocycles. The molecule has 2 heterocycles. The van der Waals surface area contributed by atoms with Crippen molar-refractivity contribution in [2.75, 3.05) is 7.11 Å². The number of para-hydroxylation sites is 1. The summed E-state index contributed by atoms with van der Waals surface area (Å²) in [5.41, 5.74) is 2.12. The van der Waals surface area contributed by atoms with Gasteiger partial charge in [0, 0.05) is 17.1 Å². The average molecular weight is 253 g/mol. The summed E-state index contributed by atoms with van der Waals surface area (Å²) in [4.78, 5) is 22.9. The van der Waals surface area contributed by atoms with E-state index in [9.17, 15) is 4.79 Å². The van der Waals surface area contributed by atoms with Crippen LogP contribution in [-0.2, 0) is 4.74 Å². The second kappa shape index (κ2) is 4.53. The molecule has 0 fully saturated rings. The molecule has 0 atom stereocenters. The van der Waals surface area contributed by atoms with E-state index in [2.05, 4.69) is 19.7 Å². The van der Waals surface area contributed by atoms with Crippen LogP contribution in [-0.4, -0.2) is 28.0 Å². The van der Waals surface area contributed by atoms with E-state index in [0.29, 0.717) is 11.5 Å². The summed E-state index contributed by atoms with van der Waals surface area (Å²) in [6, 6.07) is 9.64. The third-order valence-electron chi connectivity index (χ3n) is 2.89. The van der Waals surface area contributed by atoms with Gasteiger partial charge in [0.05, 0.1) is 18.8 Å². The highest BCUT2D eigenvalue weighted by atomic mass is 16.5. The first-order chi connectivity index (χ1) is 9.29. The third-order valence-corrected chi connectivity index (χ3v) is 2.89. The van der Waals surface area contributed by atoms with Crippen LogP contribution >= 0.6 is 0 Å². The van der Waals surface area contributed by atoms with Gasteiger partial charge in [0.1, 0.15) is 11.5 Å². The van der Waals surface area contributed by atoms with Gasteiger partial charge in [-0.15, -0.1) is 0 Å². The summed E-state index contributed by atoms with van der Waals surface area (Å²) in [6.07, 6.45) is 3.19. The molecule has 19 heavy (non-hydrogen) atoms. The number of rotatable bonds is 2. The Morgan fingerprint density at radius 2 is 2.05 bits per heavy atom. The van der Waals surface area contributed by atoms with Crippen LogP contribution in [0.2, 0.25) is 0 Å². The Morgan fingerprint density at radius 3 is 2.89 bits per heavy atom. The van der Waals surface area contributed by atoms with Crippen molar-refractivity contribution >= 4 is 16.9 Å². The van der Waals surface area contributed by atoms with E-state index in [1.807, 2.05) is 30.3 Å². The van der Waals surface area contributed by atoms with E-state index in [0.717, 1.165) is 16.5 Å². The molecule has 0 radical (unpaired) electrons. The predicted octanol–water partition coefficient (Wildman–Crippen LogP) is 2.41. The summed E-state index contributed by atoms with van der Waals surface area (Å²) in [5, 5.41) is 0.982. The lowest BCUT2D eigenvalue weighted by Crippen LogP contribution is -2.01. The summed E-state index contributed by atoms with van der Waals surface area (Å²) in [6.45, 7) is 0. The van der Waals surface area contributed by atoms with Crippen molar-refractivity contribution in [3.8, 4) is 11.4 Å². The number of H-pyrrole nitrogens is 1. The highest BCUT2D eigenvalue weighted by molar-refractivity contribution is 5.93. The van der Waals surface area contributed by atoms with Crippen LogP contribution < -0.4 is 0 Å². The highest BCUT2D eigenvalue weighted by Gasteiger charge is 2.12. The number of hydrogen-bond donors (Lipinski definition) is 1. The van der Waals surface area contributed by atoms with Crippen molar-refractivity contribution < 1.29 is 9.53 Å². The van der Waals surface area contributed by atoms with Crippen LogP contribution in [0.15, 0.2) is 42.7 Å². The maximum Gasteiger partial charge on any atom is 0.356 e. The van der Waals surface area contributed by atoms with E-state index in [-0.39, 0.29) is 0 Å². The van der Waals surface area contributed by atoms with Crippen molar-refractivity contribution in [2.45, 2.75) is 0 Å². The van der Waals surface area contributed by atoms with E-state index in [1.165, 1.54) is 13.3 Å². The first-order valence-corrected chi connectivity index (χ1v) is 5.77. The summed E-state index contributed by atoms with van der Waals surface area (Å²) in [5.74, 6) is 0.191. The largest absolute Gasteiger partial charge is 0.464 e. The molecule has 1 N–H and O–H groups in total. The number of carbonyl (C=O) groups is 1. The number of hydrogen-bond acceptors (Lipinski definition) is 4. The quantitative estimate of drug-likeness (QED) is 0.712. The monoisotopic (exact) mass is 253 g/mol. The maximum absolute atomic E-state index is 11.4. The van der Waals surface area contributed by atoms with Gasteiger partial charge >= 0.3 is 5.97 Å². The molecular weight excluding hydrogens is 242 g/mol. The second-order valence-corrected chi connectivity index (χ2v) is 4.01. The van der Waals surface area contributed by atoms with Gasteiger partial charge in [0.25, 0.3) is 0 Å². The smallest absolute Gasteiger partial charge is 0.356 e. The number of aromatic amines is 1. The number of methoxy groups -OCH3 is 1. The molecular formula is C14H11N3O2. The fourth-order valence-corrected chi connectivity index (χ4v) is 1.97. The molecule has 0 aliphatic rings. The zero-order valence-electron chi connectivity index (χ0n) is 10.3. The Bertz CT molecular complexity index is 744. The van der Waals surface area contributed by atoms with Crippen molar-refractivity contribution in [3.63, 3.8) is 0 Å². The number of aromatic nitrogens is 3. The molecule has 94 valence electrons. The lowest BCUT2D eigenvalue weighted by atomic mass is 10.1. The zero-order chi connectivity index (χ0) is 13.2. The molecule has 3 aromatic rings. The van der Waals surface area contributed by atoms with E-state index in [4.69, 9.17) is 0 Å². The third kappa shape index (κ3) is 1.95. The Kier molecular flexibility index (Phi) is 2.72. The fraction of sp³-hybridized carbons (Fsp3) is 0.0714. The molecule has 0 saturated heterocycles. The molecule has 0 saturated carbocycles. The number of nitrogens with zero attached hydrogens (tertiary/aromatic N) is 2. The topological polar surface area (TPSA) is 67.9 Å². The summed E-state index contributed by atoms with van der Waals surface area (Å²) >= 11 is 0. The highest BCUT2D eigenvalue weighted by Crippen LogP contribution is 2.24. The SMILES string of the molecule is COC(=O)c1cnc(-c2ccnc3ccccc23)[nH]1. The van der Waals surface area contributed by atoms with Crippen LogP contribution in [0.4, 0.5) is 0 Å². The minimum absolute atomic E-state index is 0.332. The number of benzene rings is 1. The Balaban J connectivity index is 2.14. The van der Waals surface area contributed by atoms with Gasteiger partial charge in [-0.25, -0.2) is 9.78 Å². The van der Waals surface area contributed by atoms with Gasteiger partial charge in [-0.2, -0.15) is 0 Å². The standard InChI is InChI=1S/C14H11N3O2/c1-19-14(18)12-8-16-13(17-12)10-6-7-15-11-5-3-2-4-9(10)11/h2-8H,1H3,(H,16,17). The average Bonchev–Trinajstić information content (AvgIpc) is 2.95. The first-order valence-electron chi connectivity index (χ1n) is 5.77. The van der Waals surface area contributed by atoms with Crippen molar-refractivity contribution in [3.05, 3.63) is 48.4 Å². The molecule has 2 aromatic heterocycles. The van der Waals surface area contributed by atoms with Gasteiger partial charge in [0.2, 0.25) is 0 Å². The molecule has 0 aliphatic heterocycles. The molecule has 0 amide bonds. The van der Waals surface area contributed by atoms with Crippen LogP contribution in [0, 0.1) is 0 Å². The molecule has 3 rings (SSSR count). The minimum atomic E-state index is -0.433. The van der Waals surface area contributed by atoms with Gasteiger partial charge in [-0.05, 0) is 12.1 Å². The maximum atomic E-state index is 11.4. The Hall–Kier alpha value is -2.69. The normalized spacial score (nSPS) is 10.6. The number of ether oxygens (including phenoxy) is 1. The van der Waals surface area contributed by atoms with Crippen molar-refractivity contribution in [2.24, 2.45) is 0 Å². The van der Waals surface area contributed by atoms with Gasteiger partial charge in [-0.3, -0.25) is 4.98 Å². The first kappa shape index (κ1) is 11.4. The van der Waals surface area contributed by atoms with E-state index in [1.54, 1.807) is 6.20 Å². The summed E-state index contributed by atoms with van der Waals surface area (Å²) in [7, 11) is 1.34. The molecule has 0 aliphatic carbocycles. The Morgan fingerprint density at radius 1 is 1.21 bits per heavy atom. The van der Waals surface area contributed by atoms with Crippen LogP contribution in [0.1, 0.15) is 10.5 Å². The number of esters is 1. The lowest BCUT2D eigenvalue weighted by Gasteiger charge is -2.02. The minimum Gasteiger partial charge on any atom is -0.464 e. The molecule has 0 unspecified atom stereocenters. The summed E-state index contributed by atoms with van der Waals surface area (Å²) < 4.78 is 4.65. The van der Waals surface area contributed by atoms with Crippen LogP contribution in [0.25, 0.3) is 22.3 Å². The molecule has 5 heteroatoms. The molecule has 0 bridgehead atoms. The number of fused-ring (bicyclic) bond motifs is 1. The van der Waals surface area contributed by atoms with Gasteiger partial charge in [-0.1, -0.05) is 18.2 Å². The zero-order valence-corrected chi connectivity index (χ0v) is 10.3. The predicted molar refractivity (Wildman–Crippen MR) is 70.7 cm³/mol. The number of imidazole rings is 1. The second-order valence-electron chi connectivity index (χ2n) is 4.01. The Labute approximate surface area is 109 Å². The van der Waals surface area contributed by atoms with Gasteiger partial charge < -0.3 is 9.72 Å². The number of pyridine rings is 1. The number of nitrogens with one attached hydrogen (secondary N) is 1. The van der Waals surface area contributed by atoms with Crippen LogP contribution in [0.5, 0.6) is 0 Å². The lowest BCUT2D eigenvalue weighted by molar-refractivity contribution is 0.0595. The molecule has 0 spiro atoms. The fourth-order valence-electron chi connectivity index (χ4n) is 1.97. The number of carbonyl (C=O) groups excluding carboxylic acids is 1. The van der Waals surface area contributed by atoms with Gasteiger partial charge in [0.15, 0.2) is 0 Å². The van der Waals surface area contributed by atoms with Crippen molar-refractivity contribution in [1.82, 2.24) is 15.0 Å². The van der Waals surface area contributed by atoms with Crippen molar-refractivity contribution in [1.29, 1.82) is 0 Å².